The van der Waals surface area contributed by atoms with Crippen molar-refractivity contribution >= 4 is 77.1 Å². The third-order valence-corrected chi connectivity index (χ3v) is 18.6. The predicted molar refractivity (Wildman–Crippen MR) is 380 cm³/mol. The van der Waals surface area contributed by atoms with Gasteiger partial charge < -0.3 is 76.6 Å². The molecule has 0 spiro atoms. The number of nitrogens with two attached hydrogens (primary N) is 1. The molecule has 0 radical (unpaired) electrons. The molecular formula is C72H111F2N13O16. The summed E-state index contributed by atoms with van der Waals surface area (Å²) in [5, 5.41) is 19.0. The van der Waals surface area contributed by atoms with Gasteiger partial charge in [-0.25, -0.2) is 23.2 Å². The predicted octanol–water partition coefficient (Wildman–Crippen LogP) is 4.74. The third-order valence-electron chi connectivity index (χ3n) is 18.6. The van der Waals surface area contributed by atoms with E-state index in [0.29, 0.717) is 36.9 Å². The van der Waals surface area contributed by atoms with E-state index in [1.807, 2.05) is 41.5 Å². The Morgan fingerprint density at radius 1 is 0.699 bits per heavy atom. The van der Waals surface area contributed by atoms with E-state index >= 15 is 4.79 Å². The number of urea groups is 1. The highest BCUT2D eigenvalue weighted by molar-refractivity contribution is 6.12. The van der Waals surface area contributed by atoms with Gasteiger partial charge >= 0.3 is 18.2 Å². The fourth-order valence-electron chi connectivity index (χ4n) is 12.7. The van der Waals surface area contributed by atoms with Crippen LogP contribution in [0.2, 0.25) is 0 Å². The van der Waals surface area contributed by atoms with Crippen LogP contribution in [0.1, 0.15) is 131 Å². The molecule has 29 nitrogen and oxygen atoms in total. The lowest BCUT2D eigenvalue weighted by atomic mass is 9.89. The number of halogens is 2. The molecule has 11 atom stereocenters. The van der Waals surface area contributed by atoms with Gasteiger partial charge in [0.25, 0.3) is 11.8 Å². The first-order valence-electron chi connectivity index (χ1n) is 35.3. The molecule has 0 bridgehead atoms. The number of methoxy groups -OCH3 is 2. The Kier molecular flexibility index (Phi) is 35.9. The number of imide groups is 1. The van der Waals surface area contributed by atoms with Crippen molar-refractivity contribution in [1.82, 2.24) is 56.4 Å². The summed E-state index contributed by atoms with van der Waals surface area (Å²) < 4.78 is 52.6. The number of alkyl carbamates (subject to hydrolysis) is 1. The minimum Gasteiger partial charge on any atom is -0.445 e. The van der Waals surface area contributed by atoms with Crippen LogP contribution in [0, 0.1) is 41.2 Å². The third kappa shape index (κ3) is 26.7. The average molecular weight is 1450 g/mol. The van der Waals surface area contributed by atoms with Crippen LogP contribution in [-0.4, -0.2) is 232 Å². The summed E-state index contributed by atoms with van der Waals surface area (Å²) in [6.07, 6.45) is -0.0827. The molecule has 2 aromatic carbocycles. The highest BCUT2D eigenvalue weighted by Gasteiger charge is 2.47. The topological polar surface area (TPSA) is 368 Å². The summed E-state index contributed by atoms with van der Waals surface area (Å²) in [6.45, 7) is 16.2. The number of benzene rings is 2. The molecular weight excluding hydrogens is 1340 g/mol. The lowest BCUT2D eigenvalue weighted by Crippen LogP contribution is -2.59. The van der Waals surface area contributed by atoms with E-state index in [2.05, 4.69) is 37.2 Å². The van der Waals surface area contributed by atoms with E-state index in [4.69, 9.17) is 24.7 Å². The molecule has 9 N–H and O–H groups in total. The highest BCUT2D eigenvalue weighted by atomic mass is 19.1. The zero-order valence-electron chi connectivity index (χ0n) is 62.4. The largest absolute Gasteiger partial charge is 0.445 e. The second-order valence-electron chi connectivity index (χ2n) is 27.6. The monoisotopic (exact) mass is 1450 g/mol. The van der Waals surface area contributed by atoms with Crippen molar-refractivity contribution in [2.75, 3.05) is 87.0 Å². The zero-order valence-corrected chi connectivity index (χ0v) is 62.4. The fraction of sp³-hybridized carbons (Fsp3) is 0.639. The summed E-state index contributed by atoms with van der Waals surface area (Å²) in [5.41, 5.74) is 5.88. The molecule has 0 aromatic heterocycles. The first kappa shape index (κ1) is 86.6. The summed E-state index contributed by atoms with van der Waals surface area (Å²) in [7, 11) is 9.47. The van der Waals surface area contributed by atoms with Crippen LogP contribution in [0.3, 0.4) is 0 Å². The van der Waals surface area contributed by atoms with Crippen LogP contribution in [0.4, 0.5) is 28.9 Å². The molecule has 1 fully saturated rings. The number of carbonyl (C=O) groups is 12. The van der Waals surface area contributed by atoms with Gasteiger partial charge in [0.05, 0.1) is 49.2 Å². The van der Waals surface area contributed by atoms with Gasteiger partial charge in [0.1, 0.15) is 42.5 Å². The number of nitrogens with one attached hydrogen (secondary N) is 7. The van der Waals surface area contributed by atoms with Crippen LogP contribution in [0.15, 0.2) is 54.6 Å². The lowest BCUT2D eigenvalue weighted by molar-refractivity contribution is -0.148. The highest BCUT2D eigenvalue weighted by Crippen LogP contribution is 2.32. The van der Waals surface area contributed by atoms with Crippen molar-refractivity contribution in [3.63, 3.8) is 0 Å². The second-order valence-corrected chi connectivity index (χ2v) is 27.6. The van der Waals surface area contributed by atoms with Gasteiger partial charge in [-0.3, -0.25) is 53.0 Å². The van der Waals surface area contributed by atoms with Crippen LogP contribution in [0.5, 0.6) is 0 Å². The quantitative estimate of drug-likeness (QED) is 0.0329. The summed E-state index contributed by atoms with van der Waals surface area (Å²) in [5.74, 6) is -7.57. The fourth-order valence-corrected chi connectivity index (χ4v) is 12.7. The maximum atomic E-state index is 15.0. The number of likely N-dealkylation sites (tertiary alicyclic amines) is 1. The Balaban J connectivity index is 1.40. The lowest BCUT2D eigenvalue weighted by Gasteiger charge is -2.41. The van der Waals surface area contributed by atoms with Crippen LogP contribution in [-0.2, 0) is 75.1 Å². The standard InChI is InChI=1S/C72H111F2N13O16/c1-16-45(8)63(85(13)69(96)61(43(4)5)82-68(95)62(44(6)7)83(10)11)55(100-14)39-59(91)87-40-49(38-54(87)64(101-15)46(9)65(92)76-34-32-50-51(73)22-20-23-52(50)74)103-72(99)84(12)37-35-78-71(98)102-41-47-26-28-48(29-27-47)79-66(93)53(24-21-33-77-70(75)97)80-67(94)60(42(2)3)81-56(88)25-18-17-19-36-86-57(89)30-31-58(86)90/h20,22-23,26-31,42-46,49,53-55,60-64H,16-19,21,24-25,32-41H2,1-15H3,(H,76,92)(H,78,98)(H,79,93)(H,80,94)(H,81,88)(H,82,95)(H3,75,77,97)/t45-,46+,49-,53-,54-,55+,60-,61-,62-,63-,64+/m0/s1. The van der Waals surface area contributed by atoms with E-state index in [0.717, 1.165) is 17.0 Å². The zero-order chi connectivity index (χ0) is 76.9. The molecule has 31 heteroatoms. The van der Waals surface area contributed by atoms with Crippen LogP contribution in [0.25, 0.3) is 0 Å². The number of primary amides is 1. The van der Waals surface area contributed by atoms with Crippen molar-refractivity contribution in [2.24, 2.45) is 35.3 Å². The minimum absolute atomic E-state index is 0.00228. The van der Waals surface area contributed by atoms with E-state index in [9.17, 15) is 61.5 Å². The number of ether oxygens (including phenoxy) is 4. The van der Waals surface area contributed by atoms with Crippen molar-refractivity contribution in [3.05, 3.63) is 77.4 Å². The van der Waals surface area contributed by atoms with Crippen molar-refractivity contribution < 1.29 is 85.3 Å². The maximum Gasteiger partial charge on any atom is 0.409 e. The van der Waals surface area contributed by atoms with E-state index < -0.39 is 120 Å². The van der Waals surface area contributed by atoms with E-state index in [1.165, 1.54) is 54.2 Å². The van der Waals surface area contributed by atoms with Crippen LogP contribution >= 0.6 is 0 Å². The van der Waals surface area contributed by atoms with Gasteiger partial charge in [0, 0.05) is 97.3 Å². The van der Waals surface area contributed by atoms with Gasteiger partial charge in [0.15, 0.2) is 0 Å². The Hall–Kier alpha value is -8.84. The number of likely N-dealkylation sites (N-methyl/N-ethyl adjacent to an activating group) is 3. The average Bonchev–Trinajstić information content (AvgIpc) is 1.73. The molecule has 0 aliphatic carbocycles. The van der Waals surface area contributed by atoms with E-state index in [1.54, 1.807) is 71.1 Å². The maximum absolute atomic E-state index is 15.0. The number of carbonyl (C=O) groups excluding carboxylic acids is 12. The van der Waals surface area contributed by atoms with Gasteiger partial charge in [-0.05, 0) is 99.7 Å². The van der Waals surface area contributed by atoms with Gasteiger partial charge in [-0.1, -0.05) is 93.4 Å². The van der Waals surface area contributed by atoms with Gasteiger partial charge in [-0.15, -0.1) is 0 Å². The molecule has 4 rings (SSSR count). The molecule has 2 aliphatic rings. The Labute approximate surface area is 603 Å². The molecule has 1 saturated heterocycles. The molecule has 103 heavy (non-hydrogen) atoms. The normalized spacial score (nSPS) is 17.0. The Bertz CT molecular complexity index is 3190. The molecule has 2 aliphatic heterocycles. The number of unbranched alkanes of at least 4 members (excludes halogenated alkanes) is 2. The van der Waals surface area contributed by atoms with Gasteiger partial charge in [-0.2, -0.15) is 0 Å². The molecule has 2 aromatic rings. The summed E-state index contributed by atoms with van der Waals surface area (Å²) in [6, 6.07) is 3.86. The molecule has 2 heterocycles. The number of hydrogen-bond acceptors (Lipinski definition) is 17. The molecule has 574 valence electrons. The molecule has 13 amide bonds. The number of hydrogen-bond donors (Lipinski definition) is 8. The van der Waals surface area contributed by atoms with Crippen LogP contribution < -0.4 is 43.0 Å². The number of anilines is 1. The summed E-state index contributed by atoms with van der Waals surface area (Å²) >= 11 is 0. The SMILES string of the molecule is CC[C@H](C)[C@@H]([C@@H](CC(=O)N1C[C@@H](OC(=O)N(C)CCNC(=O)OCc2ccc(NC(=O)[C@H](CCCNC(N)=O)NC(=O)[C@@H](NC(=O)CCCCCN3C(=O)C=CC3=O)C(C)C)cc2)C[C@H]1[C@H](OC)[C@@H](C)C(=O)NCCc1c(F)cccc1F)OC)N(C)C(=O)[C@@H](NC(=O)[C@H](C(C)C)N(C)C)C(C)C. The Morgan fingerprint density at radius 2 is 1.34 bits per heavy atom. The smallest absolute Gasteiger partial charge is 0.409 e. The van der Waals surface area contributed by atoms with Crippen molar-refractivity contribution in [3.8, 4) is 0 Å². The number of rotatable bonds is 42. The van der Waals surface area contributed by atoms with E-state index in [-0.39, 0.29) is 137 Å². The molecule has 0 saturated carbocycles. The first-order valence-corrected chi connectivity index (χ1v) is 35.3. The second kappa shape index (κ2) is 42.7. The van der Waals surface area contributed by atoms with Crippen molar-refractivity contribution in [1.29, 1.82) is 0 Å². The Morgan fingerprint density at radius 3 is 1.91 bits per heavy atom. The first-order chi connectivity index (χ1) is 48.6. The van der Waals surface area contributed by atoms with Crippen molar-refractivity contribution in [2.45, 2.75) is 188 Å². The molecule has 0 unspecified atom stereocenters. The number of nitrogens with zero attached hydrogens (tertiary/aromatic N) is 5. The minimum atomic E-state index is -1.12. The van der Waals surface area contributed by atoms with Gasteiger partial charge in [0.2, 0.25) is 41.4 Å². The number of amides is 13. The summed E-state index contributed by atoms with van der Waals surface area (Å²) in [4.78, 5) is 167.